The summed E-state index contributed by atoms with van der Waals surface area (Å²) in [5.41, 5.74) is 5.38. The highest BCUT2D eigenvalue weighted by Gasteiger charge is 2.28. The smallest absolute Gasteiger partial charge is 0.264 e. The predicted octanol–water partition coefficient (Wildman–Crippen LogP) is 4.56. The summed E-state index contributed by atoms with van der Waals surface area (Å²) in [5.74, 6) is -0.559. The van der Waals surface area contributed by atoms with Crippen molar-refractivity contribution >= 4 is 39.4 Å². The third-order valence-electron chi connectivity index (χ3n) is 4.81. The Morgan fingerprint density at radius 2 is 1.69 bits per heavy atom. The first-order valence-electron chi connectivity index (χ1n) is 10.1. The van der Waals surface area contributed by atoms with Crippen LogP contribution in [0.3, 0.4) is 0 Å². The Balaban J connectivity index is 1.88. The van der Waals surface area contributed by atoms with Crippen LogP contribution in [-0.2, 0) is 21.2 Å². The number of nitrogens with one attached hydrogen (secondary N) is 1. The van der Waals surface area contributed by atoms with Gasteiger partial charge in [-0.2, -0.15) is 5.10 Å². The first-order valence-corrected chi connectivity index (χ1v) is 11.9. The van der Waals surface area contributed by atoms with Crippen molar-refractivity contribution in [2.24, 2.45) is 5.10 Å². The first kappa shape index (κ1) is 23.5. The summed E-state index contributed by atoms with van der Waals surface area (Å²) in [6, 6.07) is 20.6. The van der Waals surface area contributed by atoms with Gasteiger partial charge in [-0.1, -0.05) is 66.6 Å². The molecular formula is C24H24ClN3O3S. The molecule has 1 amide bonds. The number of hydrogen-bond donors (Lipinski definition) is 1. The summed E-state index contributed by atoms with van der Waals surface area (Å²) >= 11 is 5.86. The molecule has 0 saturated carbocycles. The average Bonchev–Trinajstić information content (AvgIpc) is 2.79. The Labute approximate surface area is 193 Å². The van der Waals surface area contributed by atoms with E-state index in [0.717, 1.165) is 21.0 Å². The summed E-state index contributed by atoms with van der Waals surface area (Å²) < 4.78 is 28.1. The predicted molar refractivity (Wildman–Crippen MR) is 129 cm³/mol. The molecule has 6 nitrogen and oxygen atoms in total. The van der Waals surface area contributed by atoms with Gasteiger partial charge in [0.05, 0.1) is 16.8 Å². The number of halogens is 1. The van der Waals surface area contributed by atoms with Crippen molar-refractivity contribution in [3.05, 3.63) is 94.5 Å². The number of rotatable bonds is 8. The molecule has 0 aliphatic rings. The van der Waals surface area contributed by atoms with E-state index in [1.165, 1.54) is 6.21 Å². The van der Waals surface area contributed by atoms with E-state index in [1.54, 1.807) is 60.7 Å². The van der Waals surface area contributed by atoms with Gasteiger partial charge < -0.3 is 0 Å². The molecule has 8 heteroatoms. The fourth-order valence-corrected chi connectivity index (χ4v) is 4.67. The molecule has 0 heterocycles. The molecule has 0 unspecified atom stereocenters. The van der Waals surface area contributed by atoms with Crippen molar-refractivity contribution < 1.29 is 13.2 Å². The zero-order valence-electron chi connectivity index (χ0n) is 17.8. The lowest BCUT2D eigenvalue weighted by Crippen LogP contribution is -2.40. The zero-order valence-corrected chi connectivity index (χ0v) is 19.4. The van der Waals surface area contributed by atoms with Crippen LogP contribution in [0.2, 0.25) is 5.02 Å². The number of nitrogens with zero attached hydrogens (tertiary/aromatic N) is 2. The minimum atomic E-state index is -3.97. The van der Waals surface area contributed by atoms with Crippen LogP contribution < -0.4 is 9.73 Å². The lowest BCUT2D eigenvalue weighted by atomic mass is 10.1. The molecule has 0 saturated heterocycles. The van der Waals surface area contributed by atoms with Crippen LogP contribution in [0.15, 0.2) is 82.8 Å². The van der Waals surface area contributed by atoms with E-state index in [4.69, 9.17) is 11.6 Å². The van der Waals surface area contributed by atoms with E-state index >= 15 is 0 Å². The molecule has 0 aliphatic heterocycles. The van der Waals surface area contributed by atoms with Crippen molar-refractivity contribution in [3.8, 4) is 0 Å². The van der Waals surface area contributed by atoms with Gasteiger partial charge in [0.1, 0.15) is 6.54 Å². The van der Waals surface area contributed by atoms with Gasteiger partial charge in [0.25, 0.3) is 15.9 Å². The highest BCUT2D eigenvalue weighted by atomic mass is 35.5. The van der Waals surface area contributed by atoms with Crippen LogP contribution in [0.5, 0.6) is 0 Å². The van der Waals surface area contributed by atoms with E-state index in [1.807, 2.05) is 26.0 Å². The molecule has 0 bridgehead atoms. The minimum Gasteiger partial charge on any atom is -0.271 e. The fourth-order valence-electron chi connectivity index (χ4n) is 3.08. The Hall–Kier alpha value is -3.16. The summed E-state index contributed by atoms with van der Waals surface area (Å²) in [6.07, 6.45) is 2.08. The molecule has 0 atom stereocenters. The van der Waals surface area contributed by atoms with Crippen molar-refractivity contribution in [2.75, 3.05) is 10.8 Å². The second-order valence-corrected chi connectivity index (χ2v) is 9.45. The number of aryl methyl sites for hydroxylation is 2. The second kappa shape index (κ2) is 10.4. The largest absolute Gasteiger partial charge is 0.271 e. The lowest BCUT2D eigenvalue weighted by Gasteiger charge is -2.25. The van der Waals surface area contributed by atoms with Gasteiger partial charge in [0.15, 0.2) is 0 Å². The number of hydrogen-bond acceptors (Lipinski definition) is 4. The molecule has 3 rings (SSSR count). The molecule has 3 aromatic rings. The zero-order chi connectivity index (χ0) is 23.1. The van der Waals surface area contributed by atoms with Crippen LogP contribution in [-0.4, -0.2) is 27.1 Å². The minimum absolute atomic E-state index is 0.117. The normalized spacial score (nSPS) is 11.5. The molecule has 32 heavy (non-hydrogen) atoms. The first-order chi connectivity index (χ1) is 15.3. The van der Waals surface area contributed by atoms with Gasteiger partial charge in [0.2, 0.25) is 0 Å². The fraction of sp³-hybridized carbons (Fsp3) is 0.167. The molecule has 0 radical (unpaired) electrons. The van der Waals surface area contributed by atoms with Gasteiger partial charge in [-0.3, -0.25) is 9.10 Å². The van der Waals surface area contributed by atoms with E-state index in [0.29, 0.717) is 17.1 Å². The maximum Gasteiger partial charge on any atom is 0.264 e. The molecule has 0 aromatic heterocycles. The topological polar surface area (TPSA) is 78.8 Å². The monoisotopic (exact) mass is 469 g/mol. The third-order valence-corrected chi connectivity index (χ3v) is 6.84. The van der Waals surface area contributed by atoms with E-state index in [-0.39, 0.29) is 4.90 Å². The number of carbonyl (C=O) groups is 1. The maximum absolute atomic E-state index is 13.5. The van der Waals surface area contributed by atoms with Gasteiger partial charge in [-0.05, 0) is 54.8 Å². The number of amides is 1. The molecule has 0 fully saturated rings. The number of benzene rings is 3. The second-order valence-electron chi connectivity index (χ2n) is 7.15. The van der Waals surface area contributed by atoms with Gasteiger partial charge in [0, 0.05) is 5.02 Å². The van der Waals surface area contributed by atoms with Gasteiger partial charge in [-0.25, -0.2) is 13.8 Å². The molecule has 3 aromatic carbocycles. The SMILES string of the molecule is CCc1ccccc1N(CC(=O)N/N=C\c1ccc(Cl)cc1)S(=O)(=O)c1ccc(C)cc1. The summed E-state index contributed by atoms with van der Waals surface area (Å²) in [6.45, 7) is 3.41. The average molecular weight is 470 g/mol. The number of anilines is 1. The molecular weight excluding hydrogens is 446 g/mol. The van der Waals surface area contributed by atoms with Crippen molar-refractivity contribution in [3.63, 3.8) is 0 Å². The van der Waals surface area contributed by atoms with Crippen LogP contribution in [0.25, 0.3) is 0 Å². The van der Waals surface area contributed by atoms with Gasteiger partial charge in [-0.15, -0.1) is 0 Å². The standard InChI is InChI=1S/C24H24ClN3O3S/c1-3-20-6-4-5-7-23(20)28(32(30,31)22-14-8-18(2)9-15-22)17-24(29)27-26-16-19-10-12-21(25)13-11-19/h4-16H,3,17H2,1-2H3,(H,27,29)/b26-16-. The van der Waals surface area contributed by atoms with Crippen molar-refractivity contribution in [1.82, 2.24) is 5.43 Å². The van der Waals surface area contributed by atoms with Crippen molar-refractivity contribution in [2.45, 2.75) is 25.2 Å². The van der Waals surface area contributed by atoms with Crippen molar-refractivity contribution in [1.29, 1.82) is 0 Å². The number of sulfonamides is 1. The summed E-state index contributed by atoms with van der Waals surface area (Å²) in [5, 5.41) is 4.53. The molecule has 0 spiro atoms. The molecule has 166 valence electrons. The van der Waals surface area contributed by atoms with E-state index < -0.39 is 22.5 Å². The Morgan fingerprint density at radius 3 is 2.34 bits per heavy atom. The van der Waals surface area contributed by atoms with Crippen LogP contribution in [0.1, 0.15) is 23.6 Å². The Bertz CT molecular complexity index is 1210. The lowest BCUT2D eigenvalue weighted by molar-refractivity contribution is -0.119. The summed E-state index contributed by atoms with van der Waals surface area (Å²) in [4.78, 5) is 12.8. The van der Waals surface area contributed by atoms with Crippen LogP contribution >= 0.6 is 11.6 Å². The molecule has 0 aliphatic carbocycles. The summed E-state index contributed by atoms with van der Waals surface area (Å²) in [7, 11) is -3.97. The highest BCUT2D eigenvalue weighted by Crippen LogP contribution is 2.27. The number of para-hydroxylation sites is 1. The quantitative estimate of drug-likeness (QED) is 0.388. The molecule has 1 N–H and O–H groups in total. The Morgan fingerprint density at radius 1 is 1.03 bits per heavy atom. The number of carbonyl (C=O) groups excluding carboxylic acids is 1. The van der Waals surface area contributed by atoms with E-state index in [2.05, 4.69) is 10.5 Å². The Kier molecular flexibility index (Phi) is 7.66. The van der Waals surface area contributed by atoms with E-state index in [9.17, 15) is 13.2 Å². The maximum atomic E-state index is 13.5. The third kappa shape index (κ3) is 5.75. The highest BCUT2D eigenvalue weighted by molar-refractivity contribution is 7.92. The van der Waals surface area contributed by atoms with Gasteiger partial charge >= 0.3 is 0 Å². The van der Waals surface area contributed by atoms with Crippen LogP contribution in [0, 0.1) is 6.92 Å². The van der Waals surface area contributed by atoms with Crippen LogP contribution in [0.4, 0.5) is 5.69 Å². The number of hydrazone groups is 1.